The molecule has 0 spiro atoms. The van der Waals surface area contributed by atoms with E-state index in [1.807, 2.05) is 19.3 Å². The molecule has 0 amide bonds. The van der Waals surface area contributed by atoms with Gasteiger partial charge in [0.25, 0.3) is 0 Å². The number of piperidine rings is 1. The Labute approximate surface area is 95.7 Å². The van der Waals surface area contributed by atoms with Crippen LogP contribution in [0.3, 0.4) is 0 Å². The maximum atomic E-state index is 5.64. The zero-order valence-electron chi connectivity index (χ0n) is 9.76. The summed E-state index contributed by atoms with van der Waals surface area (Å²) in [7, 11) is 0. The smallest absolute Gasteiger partial charge is 0.125 e. The predicted molar refractivity (Wildman–Crippen MR) is 60.0 cm³/mol. The van der Waals surface area contributed by atoms with Crippen molar-refractivity contribution in [3.63, 3.8) is 0 Å². The summed E-state index contributed by atoms with van der Waals surface area (Å²) in [4.78, 5) is 11.0. The van der Waals surface area contributed by atoms with E-state index in [2.05, 4.69) is 21.8 Å². The number of nitrogens with zero attached hydrogens (tertiary/aromatic N) is 3. The highest BCUT2D eigenvalue weighted by Crippen LogP contribution is 2.32. The summed E-state index contributed by atoms with van der Waals surface area (Å²) in [5, 5.41) is 0. The van der Waals surface area contributed by atoms with E-state index < -0.39 is 0 Å². The molecule has 0 saturated carbocycles. The molecule has 16 heavy (non-hydrogen) atoms. The second-order valence-corrected chi connectivity index (χ2v) is 4.81. The van der Waals surface area contributed by atoms with E-state index in [0.29, 0.717) is 18.2 Å². The third kappa shape index (κ3) is 1.72. The number of aromatic nitrogens is 2. The number of ether oxygens (including phenoxy) is 1. The van der Waals surface area contributed by atoms with Crippen LogP contribution in [0, 0.1) is 6.92 Å². The van der Waals surface area contributed by atoms with Crippen molar-refractivity contribution in [1.82, 2.24) is 14.9 Å². The van der Waals surface area contributed by atoms with Gasteiger partial charge in [0.1, 0.15) is 5.82 Å². The van der Waals surface area contributed by atoms with Crippen molar-refractivity contribution in [2.24, 2.45) is 0 Å². The third-order valence-electron chi connectivity index (χ3n) is 3.62. The first-order chi connectivity index (χ1) is 7.72. The summed E-state index contributed by atoms with van der Waals surface area (Å²) < 4.78 is 5.64. The molecule has 3 aliphatic rings. The summed E-state index contributed by atoms with van der Waals surface area (Å²) in [5.74, 6) is 0.834. The summed E-state index contributed by atoms with van der Waals surface area (Å²) in [6.07, 6.45) is 6.05. The predicted octanol–water partition coefficient (Wildman–Crippen LogP) is 1.32. The Bertz CT molecular complexity index is 362. The molecule has 0 aliphatic carbocycles. The first-order valence-electron chi connectivity index (χ1n) is 5.90. The standard InChI is InChI=1S/C12H17N3O/c1-8(10-4-13-9(2)14-5-10)15-6-11-3-12(7-15)16-11/h4-5,8,11-12H,3,6-7H2,1-2H3. The molecule has 3 saturated heterocycles. The number of morpholine rings is 1. The molecule has 3 aliphatic heterocycles. The van der Waals surface area contributed by atoms with Gasteiger partial charge in [-0.3, -0.25) is 4.90 Å². The first-order valence-corrected chi connectivity index (χ1v) is 5.90. The quantitative estimate of drug-likeness (QED) is 0.752. The molecule has 1 aromatic heterocycles. The van der Waals surface area contributed by atoms with Gasteiger partial charge in [-0.05, 0) is 13.8 Å². The molecule has 86 valence electrons. The van der Waals surface area contributed by atoms with Crippen molar-refractivity contribution < 1.29 is 4.74 Å². The lowest BCUT2D eigenvalue weighted by Crippen LogP contribution is -2.57. The van der Waals surface area contributed by atoms with Crippen LogP contribution in [0.15, 0.2) is 12.4 Å². The van der Waals surface area contributed by atoms with E-state index in [1.54, 1.807) is 0 Å². The van der Waals surface area contributed by atoms with E-state index in [4.69, 9.17) is 4.74 Å². The van der Waals surface area contributed by atoms with E-state index >= 15 is 0 Å². The SMILES string of the molecule is Cc1ncc(C(C)N2CC3CC(C2)O3)cn1. The fraction of sp³-hybridized carbons (Fsp3) is 0.667. The Balaban J connectivity index is 1.72. The molecule has 2 bridgehead atoms. The van der Waals surface area contributed by atoms with Gasteiger partial charge in [-0.2, -0.15) is 0 Å². The van der Waals surface area contributed by atoms with Gasteiger partial charge in [-0.1, -0.05) is 0 Å². The lowest BCUT2D eigenvalue weighted by molar-refractivity contribution is -0.187. The zero-order valence-corrected chi connectivity index (χ0v) is 9.76. The van der Waals surface area contributed by atoms with E-state index in [0.717, 1.165) is 18.9 Å². The summed E-state index contributed by atoms with van der Waals surface area (Å²) in [6.45, 7) is 6.23. The van der Waals surface area contributed by atoms with Crippen LogP contribution in [0.4, 0.5) is 0 Å². The number of fused-ring (bicyclic) bond motifs is 2. The average Bonchev–Trinajstić information content (AvgIpc) is 2.28. The monoisotopic (exact) mass is 219 g/mol. The second kappa shape index (κ2) is 3.79. The second-order valence-electron chi connectivity index (χ2n) is 4.81. The van der Waals surface area contributed by atoms with Crippen molar-refractivity contribution in [1.29, 1.82) is 0 Å². The minimum atomic E-state index is 0.398. The van der Waals surface area contributed by atoms with Crippen molar-refractivity contribution in [2.45, 2.75) is 38.5 Å². The molecule has 4 rings (SSSR count). The lowest BCUT2D eigenvalue weighted by atomic mass is 9.96. The normalized spacial score (nSPS) is 30.9. The van der Waals surface area contributed by atoms with Crippen LogP contribution >= 0.6 is 0 Å². The van der Waals surface area contributed by atoms with Crippen molar-refractivity contribution in [2.75, 3.05) is 13.1 Å². The van der Waals surface area contributed by atoms with Gasteiger partial charge in [0, 0.05) is 43.5 Å². The number of aryl methyl sites for hydroxylation is 1. The van der Waals surface area contributed by atoms with Crippen LogP contribution < -0.4 is 0 Å². The zero-order chi connectivity index (χ0) is 11.1. The van der Waals surface area contributed by atoms with Gasteiger partial charge >= 0.3 is 0 Å². The van der Waals surface area contributed by atoms with Gasteiger partial charge < -0.3 is 4.74 Å². The van der Waals surface area contributed by atoms with Crippen LogP contribution in [0.5, 0.6) is 0 Å². The van der Waals surface area contributed by atoms with Crippen molar-refractivity contribution >= 4 is 0 Å². The molecular formula is C12H17N3O. The first kappa shape index (κ1) is 10.2. The summed E-state index contributed by atoms with van der Waals surface area (Å²) in [6, 6.07) is 0.398. The Morgan fingerprint density at radius 1 is 1.31 bits per heavy atom. The molecule has 3 unspecified atom stereocenters. The van der Waals surface area contributed by atoms with Crippen LogP contribution in [-0.2, 0) is 4.74 Å². The number of hydrogen-bond acceptors (Lipinski definition) is 4. The molecule has 4 heterocycles. The van der Waals surface area contributed by atoms with Gasteiger partial charge in [0.05, 0.1) is 12.2 Å². The largest absolute Gasteiger partial charge is 0.372 e. The third-order valence-corrected chi connectivity index (χ3v) is 3.62. The Hall–Kier alpha value is -1.00. The molecule has 1 aromatic rings. The van der Waals surface area contributed by atoms with Gasteiger partial charge in [-0.25, -0.2) is 9.97 Å². The fourth-order valence-corrected chi connectivity index (χ4v) is 2.53. The fourth-order valence-electron chi connectivity index (χ4n) is 2.53. The van der Waals surface area contributed by atoms with Crippen LogP contribution in [-0.4, -0.2) is 40.2 Å². The summed E-state index contributed by atoms with van der Waals surface area (Å²) in [5.41, 5.74) is 1.20. The average molecular weight is 219 g/mol. The summed E-state index contributed by atoms with van der Waals surface area (Å²) >= 11 is 0. The molecule has 0 N–H and O–H groups in total. The maximum absolute atomic E-state index is 5.64. The van der Waals surface area contributed by atoms with Gasteiger partial charge in [-0.15, -0.1) is 0 Å². The van der Waals surface area contributed by atoms with Crippen molar-refractivity contribution in [3.8, 4) is 0 Å². The van der Waals surface area contributed by atoms with Crippen molar-refractivity contribution in [3.05, 3.63) is 23.8 Å². The Kier molecular flexibility index (Phi) is 2.41. The Morgan fingerprint density at radius 2 is 1.88 bits per heavy atom. The van der Waals surface area contributed by atoms with Crippen LogP contribution in [0.2, 0.25) is 0 Å². The molecular weight excluding hydrogens is 202 g/mol. The van der Waals surface area contributed by atoms with Crippen LogP contribution in [0.1, 0.15) is 30.8 Å². The van der Waals surface area contributed by atoms with E-state index in [9.17, 15) is 0 Å². The van der Waals surface area contributed by atoms with E-state index in [-0.39, 0.29) is 0 Å². The molecule has 3 fully saturated rings. The maximum Gasteiger partial charge on any atom is 0.125 e. The molecule has 0 radical (unpaired) electrons. The molecule has 4 nitrogen and oxygen atoms in total. The lowest BCUT2D eigenvalue weighted by Gasteiger charge is -2.49. The van der Waals surface area contributed by atoms with Gasteiger partial charge in [0.2, 0.25) is 0 Å². The number of hydrogen-bond donors (Lipinski definition) is 0. The highest BCUT2D eigenvalue weighted by molar-refractivity contribution is 5.11. The van der Waals surface area contributed by atoms with E-state index in [1.165, 1.54) is 12.0 Å². The van der Waals surface area contributed by atoms with Gasteiger partial charge in [0.15, 0.2) is 0 Å². The minimum Gasteiger partial charge on any atom is -0.372 e. The minimum absolute atomic E-state index is 0.398. The topological polar surface area (TPSA) is 38.2 Å². The molecule has 4 heteroatoms. The molecule has 3 atom stereocenters. The highest BCUT2D eigenvalue weighted by atomic mass is 16.5. The highest BCUT2D eigenvalue weighted by Gasteiger charge is 2.39. The Morgan fingerprint density at radius 3 is 2.44 bits per heavy atom. The van der Waals surface area contributed by atoms with Crippen LogP contribution in [0.25, 0.3) is 0 Å². The molecule has 0 aromatic carbocycles. The number of rotatable bonds is 2.